The van der Waals surface area contributed by atoms with E-state index in [1.54, 1.807) is 12.0 Å². The monoisotopic (exact) mass is 400 g/mol. The molecule has 1 aliphatic heterocycles. The molecule has 0 bridgehead atoms. The first-order chi connectivity index (χ1) is 13.7. The number of methoxy groups -OCH3 is 1. The smallest absolute Gasteiger partial charge is 0.171 e. The fraction of sp³-hybridized carbons (Fsp3) is 0.409. The van der Waals surface area contributed by atoms with E-state index in [4.69, 9.17) is 21.7 Å². The molecule has 3 rings (SSSR count). The van der Waals surface area contributed by atoms with Gasteiger partial charge in [0.15, 0.2) is 5.11 Å². The molecule has 3 N–H and O–H groups in total. The average molecular weight is 401 g/mol. The summed E-state index contributed by atoms with van der Waals surface area (Å²) >= 11 is 5.52. The van der Waals surface area contributed by atoms with Crippen molar-refractivity contribution in [1.82, 2.24) is 5.32 Å². The lowest BCUT2D eigenvalue weighted by Crippen LogP contribution is -3.11. The molecule has 0 unspecified atom stereocenters. The standard InChI is InChI=1S/C22H29N3O2S/c1-3-27-20-12-8-18(9-13-20)24-22(28)23-16-21(25-14-4-5-15-25)17-6-10-19(26-2)11-7-17/h6-13,21H,3-5,14-16H2,1-2H3,(H2,23,24,28)/p+1/t21-/m1/s1. The van der Waals surface area contributed by atoms with Gasteiger partial charge in [-0.3, -0.25) is 0 Å². The first-order valence-electron chi connectivity index (χ1n) is 9.96. The minimum Gasteiger partial charge on any atom is -0.497 e. The molecule has 1 heterocycles. The van der Waals surface area contributed by atoms with Gasteiger partial charge < -0.3 is 25.0 Å². The molecule has 150 valence electrons. The molecule has 1 atom stereocenters. The fourth-order valence-electron chi connectivity index (χ4n) is 3.68. The Hall–Kier alpha value is -2.31. The maximum absolute atomic E-state index is 5.52. The van der Waals surface area contributed by atoms with E-state index in [9.17, 15) is 0 Å². The third-order valence-electron chi connectivity index (χ3n) is 5.15. The highest BCUT2D eigenvalue weighted by Crippen LogP contribution is 2.17. The third kappa shape index (κ3) is 5.59. The van der Waals surface area contributed by atoms with Gasteiger partial charge in [0.05, 0.1) is 33.4 Å². The van der Waals surface area contributed by atoms with Crippen LogP contribution in [0.3, 0.4) is 0 Å². The van der Waals surface area contributed by atoms with Crippen molar-refractivity contribution < 1.29 is 14.4 Å². The molecule has 6 heteroatoms. The van der Waals surface area contributed by atoms with Crippen molar-refractivity contribution in [2.75, 3.05) is 38.7 Å². The number of benzene rings is 2. The number of quaternary nitrogens is 1. The molecule has 1 fully saturated rings. The summed E-state index contributed by atoms with van der Waals surface area (Å²) in [4.78, 5) is 1.61. The molecule has 1 aliphatic rings. The summed E-state index contributed by atoms with van der Waals surface area (Å²) in [6.45, 7) is 5.85. The van der Waals surface area contributed by atoms with Crippen molar-refractivity contribution in [2.45, 2.75) is 25.8 Å². The molecule has 2 aromatic carbocycles. The Kier molecular flexibility index (Phi) is 7.51. The molecule has 1 saturated heterocycles. The fourth-order valence-corrected chi connectivity index (χ4v) is 3.88. The SMILES string of the molecule is CCOc1ccc(NC(=S)NC[C@H](c2ccc(OC)cc2)[NH+]2CCCC2)cc1. The number of hydrogen-bond acceptors (Lipinski definition) is 3. The van der Waals surface area contributed by atoms with Crippen molar-refractivity contribution in [2.24, 2.45) is 0 Å². The van der Waals surface area contributed by atoms with Gasteiger partial charge in [0.2, 0.25) is 0 Å². The van der Waals surface area contributed by atoms with Gasteiger partial charge >= 0.3 is 0 Å². The Labute approximate surface area is 173 Å². The van der Waals surface area contributed by atoms with E-state index in [0.717, 1.165) is 23.7 Å². The molecule has 0 amide bonds. The van der Waals surface area contributed by atoms with Gasteiger partial charge in [0.25, 0.3) is 0 Å². The van der Waals surface area contributed by atoms with Crippen molar-refractivity contribution in [3.05, 3.63) is 54.1 Å². The molecule has 28 heavy (non-hydrogen) atoms. The first kappa shape index (κ1) is 20.4. The molecule has 0 aliphatic carbocycles. The summed E-state index contributed by atoms with van der Waals surface area (Å²) in [6.07, 6.45) is 2.58. The molecule has 0 spiro atoms. The van der Waals surface area contributed by atoms with Crippen molar-refractivity contribution in [3.8, 4) is 11.5 Å². The first-order valence-corrected chi connectivity index (χ1v) is 10.4. The minimum absolute atomic E-state index is 0.369. The second kappa shape index (κ2) is 10.3. The van der Waals surface area contributed by atoms with E-state index < -0.39 is 0 Å². The van der Waals surface area contributed by atoms with Gasteiger partial charge in [-0.15, -0.1) is 0 Å². The van der Waals surface area contributed by atoms with Gasteiger partial charge in [-0.25, -0.2) is 0 Å². The van der Waals surface area contributed by atoms with Crippen LogP contribution in [-0.2, 0) is 0 Å². The number of rotatable bonds is 8. The third-order valence-corrected chi connectivity index (χ3v) is 5.39. The average Bonchev–Trinajstić information content (AvgIpc) is 3.25. The minimum atomic E-state index is 0.369. The molecule has 0 aromatic heterocycles. The number of anilines is 1. The second-order valence-electron chi connectivity index (χ2n) is 6.98. The summed E-state index contributed by atoms with van der Waals surface area (Å²) in [5, 5.41) is 7.31. The quantitative estimate of drug-likeness (QED) is 0.595. The molecular weight excluding hydrogens is 370 g/mol. The zero-order valence-corrected chi connectivity index (χ0v) is 17.5. The highest BCUT2D eigenvalue weighted by molar-refractivity contribution is 7.80. The van der Waals surface area contributed by atoms with E-state index in [0.29, 0.717) is 17.8 Å². The molecular formula is C22H30N3O2S+. The number of likely N-dealkylation sites (tertiary alicyclic amines) is 1. The van der Waals surface area contributed by atoms with Gasteiger partial charge in [-0.05, 0) is 67.7 Å². The predicted octanol–water partition coefficient (Wildman–Crippen LogP) is 2.80. The number of nitrogens with one attached hydrogen (secondary N) is 3. The van der Waals surface area contributed by atoms with Gasteiger partial charge in [0.1, 0.15) is 17.5 Å². The highest BCUT2D eigenvalue weighted by Gasteiger charge is 2.27. The normalized spacial score (nSPS) is 15.1. The molecule has 2 aromatic rings. The maximum atomic E-state index is 5.52. The van der Waals surface area contributed by atoms with Crippen LogP contribution in [-0.4, -0.2) is 38.5 Å². The molecule has 0 radical (unpaired) electrons. The van der Waals surface area contributed by atoms with Crippen molar-refractivity contribution in [3.63, 3.8) is 0 Å². The Morgan fingerprint density at radius 1 is 1.04 bits per heavy atom. The summed E-state index contributed by atoms with van der Waals surface area (Å²) in [6, 6.07) is 16.6. The lowest BCUT2D eigenvalue weighted by molar-refractivity contribution is -0.918. The van der Waals surface area contributed by atoms with Gasteiger partial charge in [-0.1, -0.05) is 0 Å². The summed E-state index contributed by atoms with van der Waals surface area (Å²) < 4.78 is 10.8. The van der Waals surface area contributed by atoms with Crippen molar-refractivity contribution >= 4 is 23.0 Å². The van der Waals surface area contributed by atoms with E-state index in [-0.39, 0.29) is 0 Å². The van der Waals surface area contributed by atoms with Crippen LogP contribution in [0.1, 0.15) is 31.4 Å². The summed E-state index contributed by atoms with van der Waals surface area (Å²) in [5.74, 6) is 1.75. The Morgan fingerprint density at radius 2 is 1.68 bits per heavy atom. The summed E-state index contributed by atoms with van der Waals surface area (Å²) in [7, 11) is 1.70. The van der Waals surface area contributed by atoms with Gasteiger partial charge in [0, 0.05) is 24.1 Å². The highest BCUT2D eigenvalue weighted by atomic mass is 32.1. The van der Waals surface area contributed by atoms with E-state index in [1.165, 1.54) is 31.5 Å². The second-order valence-corrected chi connectivity index (χ2v) is 7.39. The zero-order chi connectivity index (χ0) is 19.8. The zero-order valence-electron chi connectivity index (χ0n) is 16.7. The Balaban J connectivity index is 1.59. The lowest BCUT2D eigenvalue weighted by Gasteiger charge is -2.26. The maximum Gasteiger partial charge on any atom is 0.171 e. The molecule has 0 saturated carbocycles. The van der Waals surface area contributed by atoms with Crippen LogP contribution in [0.25, 0.3) is 0 Å². The number of hydrogen-bond donors (Lipinski definition) is 3. The Bertz CT molecular complexity index is 743. The van der Waals surface area contributed by atoms with Crippen LogP contribution < -0.4 is 25.0 Å². The van der Waals surface area contributed by atoms with Crippen LogP contribution in [0.2, 0.25) is 0 Å². The van der Waals surface area contributed by atoms with Gasteiger partial charge in [-0.2, -0.15) is 0 Å². The summed E-state index contributed by atoms with van der Waals surface area (Å²) in [5.41, 5.74) is 2.27. The number of thiocarbonyl (C=S) groups is 1. The van der Waals surface area contributed by atoms with Crippen LogP contribution in [0.4, 0.5) is 5.69 Å². The Morgan fingerprint density at radius 3 is 2.29 bits per heavy atom. The van der Waals surface area contributed by atoms with Crippen LogP contribution in [0.5, 0.6) is 11.5 Å². The largest absolute Gasteiger partial charge is 0.497 e. The number of ether oxygens (including phenoxy) is 2. The van der Waals surface area contributed by atoms with Crippen LogP contribution in [0.15, 0.2) is 48.5 Å². The molecule has 5 nitrogen and oxygen atoms in total. The van der Waals surface area contributed by atoms with E-state index in [2.05, 4.69) is 22.8 Å². The van der Waals surface area contributed by atoms with E-state index in [1.807, 2.05) is 43.3 Å². The van der Waals surface area contributed by atoms with E-state index >= 15 is 0 Å². The van der Waals surface area contributed by atoms with Crippen LogP contribution >= 0.6 is 12.2 Å². The van der Waals surface area contributed by atoms with Crippen LogP contribution in [0, 0.1) is 0 Å². The van der Waals surface area contributed by atoms with Crippen molar-refractivity contribution in [1.29, 1.82) is 0 Å². The predicted molar refractivity (Wildman–Crippen MR) is 118 cm³/mol. The topological polar surface area (TPSA) is 47.0 Å². The lowest BCUT2D eigenvalue weighted by atomic mass is 10.1.